The summed E-state index contributed by atoms with van der Waals surface area (Å²) < 4.78 is 3.67. The van der Waals surface area contributed by atoms with E-state index in [0.29, 0.717) is 5.69 Å². The maximum absolute atomic E-state index is 5.88. The van der Waals surface area contributed by atoms with Gasteiger partial charge in [-0.2, -0.15) is 5.10 Å². The Balaban J connectivity index is 2.35. The van der Waals surface area contributed by atoms with Crippen LogP contribution in [0.25, 0.3) is 17.0 Å². The minimum absolute atomic E-state index is 0.640. The second-order valence-corrected chi connectivity index (χ2v) is 3.52. The summed E-state index contributed by atoms with van der Waals surface area (Å²) in [5.74, 6) is 0. The second kappa shape index (κ2) is 3.06. The van der Waals surface area contributed by atoms with E-state index in [4.69, 9.17) is 5.73 Å². The zero-order valence-electron chi connectivity index (χ0n) is 8.70. The number of fused-ring (bicyclic) bond motifs is 1. The fourth-order valence-corrected chi connectivity index (χ4v) is 1.79. The lowest BCUT2D eigenvalue weighted by molar-refractivity contribution is 0.772. The lowest BCUT2D eigenvalue weighted by atomic mass is 10.3. The lowest BCUT2D eigenvalue weighted by Gasteiger charge is -2.02. The number of nitrogen functional groups attached to an aromatic ring is 1. The molecule has 6 heteroatoms. The van der Waals surface area contributed by atoms with Gasteiger partial charge in [-0.15, -0.1) is 0 Å². The number of hydrogen-bond acceptors (Lipinski definition) is 4. The molecule has 0 unspecified atom stereocenters. The maximum Gasteiger partial charge on any atom is 0.155 e. The SMILES string of the molecule is Cn1ncc(N)c1-c1cnc2cnccn12. The highest BCUT2D eigenvalue weighted by atomic mass is 15.3. The molecule has 3 aromatic heterocycles. The summed E-state index contributed by atoms with van der Waals surface area (Å²) >= 11 is 0. The van der Waals surface area contributed by atoms with Crippen LogP contribution in [0.5, 0.6) is 0 Å². The van der Waals surface area contributed by atoms with Crippen molar-refractivity contribution in [3.63, 3.8) is 0 Å². The van der Waals surface area contributed by atoms with Crippen LogP contribution >= 0.6 is 0 Å². The van der Waals surface area contributed by atoms with E-state index in [-0.39, 0.29) is 0 Å². The van der Waals surface area contributed by atoms with Gasteiger partial charge in [0.05, 0.1) is 30.0 Å². The highest BCUT2D eigenvalue weighted by Crippen LogP contribution is 2.25. The standard InChI is InChI=1S/C10H10N6/c1-15-10(7(11)4-14-15)8-5-13-9-6-12-2-3-16(8)9/h2-6H,11H2,1H3. The number of rotatable bonds is 1. The largest absolute Gasteiger partial charge is 0.396 e. The predicted molar refractivity (Wildman–Crippen MR) is 59.6 cm³/mol. The Labute approximate surface area is 91.4 Å². The van der Waals surface area contributed by atoms with Crippen molar-refractivity contribution in [1.29, 1.82) is 0 Å². The van der Waals surface area contributed by atoms with E-state index in [1.54, 1.807) is 29.5 Å². The zero-order valence-corrected chi connectivity index (χ0v) is 8.70. The van der Waals surface area contributed by atoms with E-state index in [2.05, 4.69) is 15.1 Å². The molecule has 3 rings (SSSR count). The van der Waals surface area contributed by atoms with Gasteiger partial charge in [0, 0.05) is 19.4 Å². The van der Waals surface area contributed by atoms with Crippen LogP contribution in [0, 0.1) is 0 Å². The van der Waals surface area contributed by atoms with Crippen LogP contribution in [-0.2, 0) is 7.05 Å². The molecule has 6 nitrogen and oxygen atoms in total. The number of imidazole rings is 1. The van der Waals surface area contributed by atoms with Crippen molar-refractivity contribution in [3.8, 4) is 11.4 Å². The van der Waals surface area contributed by atoms with Gasteiger partial charge in [0.25, 0.3) is 0 Å². The van der Waals surface area contributed by atoms with Crippen molar-refractivity contribution in [2.45, 2.75) is 0 Å². The summed E-state index contributed by atoms with van der Waals surface area (Å²) in [4.78, 5) is 8.28. The molecule has 0 bridgehead atoms. The number of anilines is 1. The van der Waals surface area contributed by atoms with Gasteiger partial charge in [-0.05, 0) is 0 Å². The van der Waals surface area contributed by atoms with Crippen molar-refractivity contribution in [2.24, 2.45) is 7.05 Å². The Bertz CT molecular complexity index is 631. The van der Waals surface area contributed by atoms with Crippen LogP contribution < -0.4 is 5.73 Å². The first-order valence-corrected chi connectivity index (χ1v) is 4.82. The molecule has 16 heavy (non-hydrogen) atoms. The van der Waals surface area contributed by atoms with Crippen LogP contribution in [0.1, 0.15) is 0 Å². The predicted octanol–water partition coefficient (Wildman–Crippen LogP) is 0.712. The van der Waals surface area contributed by atoms with Gasteiger partial charge in [0.1, 0.15) is 5.69 Å². The number of hydrogen-bond donors (Lipinski definition) is 1. The monoisotopic (exact) mass is 214 g/mol. The molecule has 0 aliphatic carbocycles. The summed E-state index contributed by atoms with van der Waals surface area (Å²) in [5.41, 5.74) is 9.09. The maximum atomic E-state index is 5.88. The molecule has 0 aromatic carbocycles. The molecule has 0 spiro atoms. The van der Waals surface area contributed by atoms with Gasteiger partial charge in [-0.25, -0.2) is 4.98 Å². The molecule has 3 heterocycles. The summed E-state index contributed by atoms with van der Waals surface area (Å²) in [6.45, 7) is 0. The average molecular weight is 214 g/mol. The van der Waals surface area contributed by atoms with Gasteiger partial charge in [0.2, 0.25) is 0 Å². The Morgan fingerprint density at radius 3 is 2.88 bits per heavy atom. The summed E-state index contributed by atoms with van der Waals surface area (Å²) in [6.07, 6.45) is 8.67. The van der Waals surface area contributed by atoms with Gasteiger partial charge in [-0.1, -0.05) is 0 Å². The molecule has 3 aromatic rings. The third-order valence-corrected chi connectivity index (χ3v) is 2.53. The minimum Gasteiger partial charge on any atom is -0.396 e. The average Bonchev–Trinajstić information content (AvgIpc) is 2.83. The minimum atomic E-state index is 0.640. The topological polar surface area (TPSA) is 74.0 Å². The fraction of sp³-hybridized carbons (Fsp3) is 0.100. The van der Waals surface area contributed by atoms with Gasteiger partial charge < -0.3 is 5.73 Å². The third kappa shape index (κ3) is 1.10. The van der Waals surface area contributed by atoms with Crippen LogP contribution in [0.2, 0.25) is 0 Å². The van der Waals surface area contributed by atoms with Crippen molar-refractivity contribution in [3.05, 3.63) is 31.0 Å². The Hall–Kier alpha value is -2.37. The van der Waals surface area contributed by atoms with Crippen molar-refractivity contribution >= 4 is 11.3 Å². The lowest BCUT2D eigenvalue weighted by Crippen LogP contribution is -1.98. The van der Waals surface area contributed by atoms with Gasteiger partial charge in [0.15, 0.2) is 5.65 Å². The van der Waals surface area contributed by atoms with Crippen molar-refractivity contribution < 1.29 is 0 Å². The molecule has 0 aliphatic rings. The smallest absolute Gasteiger partial charge is 0.155 e. The van der Waals surface area contributed by atoms with Crippen LogP contribution in [0.15, 0.2) is 31.0 Å². The molecule has 0 atom stereocenters. The molecule has 0 aliphatic heterocycles. The number of aromatic nitrogens is 5. The molecule has 0 fully saturated rings. The van der Waals surface area contributed by atoms with E-state index >= 15 is 0 Å². The van der Waals surface area contributed by atoms with Gasteiger partial charge >= 0.3 is 0 Å². The van der Waals surface area contributed by atoms with Crippen molar-refractivity contribution in [2.75, 3.05) is 5.73 Å². The first kappa shape index (κ1) is 8.90. The van der Waals surface area contributed by atoms with Crippen LogP contribution in [0.4, 0.5) is 5.69 Å². The molecule has 0 radical (unpaired) electrons. The highest BCUT2D eigenvalue weighted by Gasteiger charge is 2.12. The van der Waals surface area contributed by atoms with E-state index in [0.717, 1.165) is 17.0 Å². The summed E-state index contributed by atoms with van der Waals surface area (Å²) in [6, 6.07) is 0. The summed E-state index contributed by atoms with van der Waals surface area (Å²) in [7, 11) is 1.85. The Morgan fingerprint density at radius 2 is 2.12 bits per heavy atom. The Morgan fingerprint density at radius 1 is 1.25 bits per heavy atom. The number of nitrogens with two attached hydrogens (primary N) is 1. The van der Waals surface area contributed by atoms with Crippen molar-refractivity contribution in [1.82, 2.24) is 24.1 Å². The Kier molecular flexibility index (Phi) is 1.70. The first-order chi connectivity index (χ1) is 7.77. The quantitative estimate of drug-likeness (QED) is 0.647. The fourth-order valence-electron chi connectivity index (χ4n) is 1.79. The molecule has 0 saturated heterocycles. The first-order valence-electron chi connectivity index (χ1n) is 4.82. The van der Waals surface area contributed by atoms with E-state index < -0.39 is 0 Å². The molecule has 80 valence electrons. The van der Waals surface area contributed by atoms with E-state index in [1.807, 2.05) is 17.6 Å². The zero-order chi connectivity index (χ0) is 11.1. The molecule has 0 amide bonds. The normalized spacial score (nSPS) is 11.1. The molecular formula is C10H10N6. The number of aryl methyl sites for hydroxylation is 1. The van der Waals surface area contributed by atoms with Gasteiger partial charge in [-0.3, -0.25) is 14.1 Å². The third-order valence-electron chi connectivity index (χ3n) is 2.53. The van der Waals surface area contributed by atoms with Crippen LogP contribution in [0.3, 0.4) is 0 Å². The highest BCUT2D eigenvalue weighted by molar-refractivity contribution is 5.71. The van der Waals surface area contributed by atoms with E-state index in [9.17, 15) is 0 Å². The molecular weight excluding hydrogens is 204 g/mol. The summed E-state index contributed by atoms with van der Waals surface area (Å²) in [5, 5.41) is 4.11. The molecule has 0 saturated carbocycles. The molecule has 2 N–H and O–H groups in total. The second-order valence-electron chi connectivity index (χ2n) is 3.52. The van der Waals surface area contributed by atoms with E-state index in [1.165, 1.54) is 0 Å². The number of nitrogens with zero attached hydrogens (tertiary/aromatic N) is 5. The van der Waals surface area contributed by atoms with Crippen LogP contribution in [-0.4, -0.2) is 24.1 Å².